The number of esters is 1. The highest BCUT2D eigenvalue weighted by Gasteiger charge is 2.34. The Kier molecular flexibility index (Phi) is 4.53. The fourth-order valence-corrected chi connectivity index (χ4v) is 3.11. The molecule has 0 bridgehead atoms. The number of para-hydroxylation sites is 1. The smallest absolute Gasteiger partial charge is 0.342 e. The van der Waals surface area contributed by atoms with E-state index in [0.29, 0.717) is 0 Å². The van der Waals surface area contributed by atoms with Crippen LogP contribution < -0.4 is 4.90 Å². The SMILES string of the molecule is C[C@@H](OC(=O)c1cccnc1Cl)C(=O)N1c2ccccc2C[C@@H]1C. The second-order valence-electron chi connectivity index (χ2n) is 5.78. The third-order valence-electron chi connectivity index (χ3n) is 4.06. The molecule has 1 amide bonds. The van der Waals surface area contributed by atoms with Crippen molar-refractivity contribution in [1.29, 1.82) is 0 Å². The third kappa shape index (κ3) is 2.99. The summed E-state index contributed by atoms with van der Waals surface area (Å²) in [4.78, 5) is 30.5. The summed E-state index contributed by atoms with van der Waals surface area (Å²) < 4.78 is 5.30. The number of amides is 1. The Morgan fingerprint density at radius 3 is 2.79 bits per heavy atom. The van der Waals surface area contributed by atoms with E-state index >= 15 is 0 Å². The van der Waals surface area contributed by atoms with Crippen LogP contribution in [0, 0.1) is 0 Å². The van der Waals surface area contributed by atoms with Crippen LogP contribution in [0.15, 0.2) is 42.6 Å². The number of ether oxygens (including phenoxy) is 1. The summed E-state index contributed by atoms with van der Waals surface area (Å²) in [6.07, 6.45) is 1.36. The molecule has 0 unspecified atom stereocenters. The molecule has 1 aliphatic heterocycles. The summed E-state index contributed by atoms with van der Waals surface area (Å²) in [5.41, 5.74) is 2.14. The maximum absolute atomic E-state index is 12.8. The molecule has 124 valence electrons. The largest absolute Gasteiger partial charge is 0.449 e. The zero-order valence-electron chi connectivity index (χ0n) is 13.4. The number of anilines is 1. The van der Waals surface area contributed by atoms with Gasteiger partial charge < -0.3 is 9.64 Å². The monoisotopic (exact) mass is 344 g/mol. The average Bonchev–Trinajstić information content (AvgIpc) is 2.90. The summed E-state index contributed by atoms with van der Waals surface area (Å²) >= 11 is 5.89. The van der Waals surface area contributed by atoms with Gasteiger partial charge in [-0.05, 0) is 44.0 Å². The molecule has 0 aliphatic carbocycles. The number of carbonyl (C=O) groups is 2. The van der Waals surface area contributed by atoms with Gasteiger partial charge in [-0.15, -0.1) is 0 Å². The molecule has 2 heterocycles. The normalized spacial score (nSPS) is 17.3. The molecule has 0 saturated heterocycles. The first-order valence-electron chi connectivity index (χ1n) is 7.71. The quantitative estimate of drug-likeness (QED) is 0.633. The summed E-state index contributed by atoms with van der Waals surface area (Å²) in [5.74, 6) is -0.908. The van der Waals surface area contributed by atoms with E-state index in [1.165, 1.54) is 12.3 Å². The topological polar surface area (TPSA) is 59.5 Å². The van der Waals surface area contributed by atoms with Gasteiger partial charge in [0.15, 0.2) is 6.10 Å². The minimum atomic E-state index is -0.914. The average molecular weight is 345 g/mol. The molecule has 0 saturated carbocycles. The zero-order valence-corrected chi connectivity index (χ0v) is 14.2. The Morgan fingerprint density at radius 2 is 2.04 bits per heavy atom. The summed E-state index contributed by atoms with van der Waals surface area (Å²) in [6, 6.07) is 10.9. The second kappa shape index (κ2) is 6.61. The summed E-state index contributed by atoms with van der Waals surface area (Å²) in [7, 11) is 0. The highest BCUT2D eigenvalue weighted by Crippen LogP contribution is 2.32. The first-order valence-corrected chi connectivity index (χ1v) is 8.09. The van der Waals surface area contributed by atoms with Crippen LogP contribution in [0.4, 0.5) is 5.69 Å². The molecular weight excluding hydrogens is 328 g/mol. The van der Waals surface area contributed by atoms with Crippen molar-refractivity contribution >= 4 is 29.2 Å². The predicted octanol–water partition coefficient (Wildman–Crippen LogP) is 3.26. The second-order valence-corrected chi connectivity index (χ2v) is 6.14. The van der Waals surface area contributed by atoms with E-state index in [1.54, 1.807) is 17.9 Å². The van der Waals surface area contributed by atoms with Crippen molar-refractivity contribution in [1.82, 2.24) is 4.98 Å². The van der Waals surface area contributed by atoms with E-state index in [1.807, 2.05) is 31.2 Å². The van der Waals surface area contributed by atoms with Gasteiger partial charge >= 0.3 is 5.97 Å². The maximum atomic E-state index is 12.8. The Morgan fingerprint density at radius 1 is 1.29 bits per heavy atom. The lowest BCUT2D eigenvalue weighted by Gasteiger charge is -2.26. The van der Waals surface area contributed by atoms with Gasteiger partial charge in [0.05, 0.1) is 5.56 Å². The van der Waals surface area contributed by atoms with E-state index in [9.17, 15) is 9.59 Å². The third-order valence-corrected chi connectivity index (χ3v) is 4.36. The zero-order chi connectivity index (χ0) is 17.3. The molecule has 0 radical (unpaired) electrons. The van der Waals surface area contributed by atoms with Gasteiger partial charge in [0.25, 0.3) is 5.91 Å². The molecule has 2 atom stereocenters. The number of carbonyl (C=O) groups excluding carboxylic acids is 2. The molecular formula is C18H17ClN2O3. The lowest BCUT2D eigenvalue weighted by atomic mass is 10.1. The first kappa shape index (κ1) is 16.5. The van der Waals surface area contributed by atoms with Gasteiger partial charge in [-0.1, -0.05) is 29.8 Å². The molecule has 1 aromatic heterocycles. The number of pyridine rings is 1. The Bertz CT molecular complexity index is 793. The van der Waals surface area contributed by atoms with Crippen LogP contribution in [0.3, 0.4) is 0 Å². The molecule has 0 fully saturated rings. The van der Waals surface area contributed by atoms with Gasteiger partial charge in [0.2, 0.25) is 0 Å². The van der Waals surface area contributed by atoms with Crippen molar-refractivity contribution in [2.75, 3.05) is 4.90 Å². The fourth-order valence-electron chi connectivity index (χ4n) is 2.91. The van der Waals surface area contributed by atoms with E-state index in [2.05, 4.69) is 4.98 Å². The van der Waals surface area contributed by atoms with Crippen LogP contribution in [-0.2, 0) is 16.0 Å². The van der Waals surface area contributed by atoms with Crippen LogP contribution >= 0.6 is 11.6 Å². The fraction of sp³-hybridized carbons (Fsp3) is 0.278. The van der Waals surface area contributed by atoms with E-state index in [4.69, 9.17) is 16.3 Å². The Labute approximate surface area is 145 Å². The number of aromatic nitrogens is 1. The number of benzene rings is 1. The van der Waals surface area contributed by atoms with Crippen LogP contribution in [0.2, 0.25) is 5.15 Å². The number of nitrogens with zero attached hydrogens (tertiary/aromatic N) is 2. The van der Waals surface area contributed by atoms with Crippen LogP contribution in [0.1, 0.15) is 29.8 Å². The van der Waals surface area contributed by atoms with Gasteiger partial charge in [0.1, 0.15) is 5.15 Å². The molecule has 3 rings (SSSR count). The standard InChI is InChI=1S/C18H17ClN2O3/c1-11-10-13-6-3-4-8-15(13)21(11)17(22)12(2)24-18(23)14-7-5-9-20-16(14)19/h3-9,11-12H,10H2,1-2H3/t11-,12+/m0/s1. The van der Waals surface area contributed by atoms with Gasteiger partial charge in [0, 0.05) is 17.9 Å². The van der Waals surface area contributed by atoms with Crippen LogP contribution in [-0.4, -0.2) is 29.0 Å². The highest BCUT2D eigenvalue weighted by atomic mass is 35.5. The van der Waals surface area contributed by atoms with Crippen molar-refractivity contribution in [3.8, 4) is 0 Å². The number of halogens is 1. The number of hydrogen-bond donors (Lipinski definition) is 0. The van der Waals surface area contributed by atoms with Crippen molar-refractivity contribution in [3.05, 3.63) is 58.9 Å². The Balaban J connectivity index is 1.76. The summed E-state index contributed by atoms with van der Waals surface area (Å²) in [5, 5.41) is 0.0574. The van der Waals surface area contributed by atoms with Gasteiger partial charge in [-0.25, -0.2) is 9.78 Å². The van der Waals surface area contributed by atoms with Gasteiger partial charge in [-0.2, -0.15) is 0 Å². The molecule has 1 aromatic carbocycles. The van der Waals surface area contributed by atoms with Gasteiger partial charge in [-0.3, -0.25) is 4.79 Å². The lowest BCUT2D eigenvalue weighted by Crippen LogP contribution is -2.43. The molecule has 5 nitrogen and oxygen atoms in total. The Hall–Kier alpha value is -2.40. The molecule has 1 aliphatic rings. The maximum Gasteiger partial charge on any atom is 0.342 e. The lowest BCUT2D eigenvalue weighted by molar-refractivity contribution is -0.126. The summed E-state index contributed by atoms with van der Waals surface area (Å²) in [6.45, 7) is 3.54. The highest BCUT2D eigenvalue weighted by molar-refractivity contribution is 6.32. The molecule has 0 N–H and O–H groups in total. The van der Waals surface area contributed by atoms with Crippen LogP contribution in [0.5, 0.6) is 0 Å². The molecule has 24 heavy (non-hydrogen) atoms. The minimum Gasteiger partial charge on any atom is -0.449 e. The van der Waals surface area contributed by atoms with Crippen molar-refractivity contribution in [3.63, 3.8) is 0 Å². The minimum absolute atomic E-state index is 0.0260. The number of hydrogen-bond acceptors (Lipinski definition) is 4. The van der Waals surface area contributed by atoms with E-state index < -0.39 is 12.1 Å². The van der Waals surface area contributed by atoms with E-state index in [-0.39, 0.29) is 22.7 Å². The molecule has 0 spiro atoms. The number of rotatable bonds is 3. The van der Waals surface area contributed by atoms with Crippen molar-refractivity contribution in [2.24, 2.45) is 0 Å². The van der Waals surface area contributed by atoms with Crippen molar-refractivity contribution in [2.45, 2.75) is 32.4 Å². The van der Waals surface area contributed by atoms with Crippen LogP contribution in [0.25, 0.3) is 0 Å². The van der Waals surface area contributed by atoms with E-state index in [0.717, 1.165) is 17.7 Å². The number of fused-ring (bicyclic) bond motifs is 1. The first-order chi connectivity index (χ1) is 11.5. The molecule has 6 heteroatoms. The molecule has 2 aromatic rings. The van der Waals surface area contributed by atoms with Crippen molar-refractivity contribution < 1.29 is 14.3 Å². The predicted molar refractivity (Wildman–Crippen MR) is 91.2 cm³/mol.